The molecule has 1 aliphatic heterocycles. The van der Waals surface area contributed by atoms with E-state index in [1.165, 1.54) is 11.6 Å². The van der Waals surface area contributed by atoms with E-state index in [1.807, 2.05) is 30.5 Å². The predicted octanol–water partition coefficient (Wildman–Crippen LogP) is 3.99. The van der Waals surface area contributed by atoms with Crippen LogP contribution in [0.3, 0.4) is 0 Å². The molecule has 0 amide bonds. The van der Waals surface area contributed by atoms with Crippen LogP contribution in [0.2, 0.25) is 0 Å². The molecule has 0 bridgehead atoms. The highest BCUT2D eigenvalue weighted by atomic mass is 19.2. The van der Waals surface area contributed by atoms with Crippen molar-refractivity contribution >= 4 is 10.9 Å². The number of aryl methyl sites for hydroxylation is 1. The summed E-state index contributed by atoms with van der Waals surface area (Å²) in [6, 6.07) is 11.8. The fourth-order valence-corrected chi connectivity index (χ4v) is 3.54. The van der Waals surface area contributed by atoms with Crippen LogP contribution in [0.5, 0.6) is 5.75 Å². The van der Waals surface area contributed by atoms with Crippen LogP contribution in [0.15, 0.2) is 48.7 Å². The van der Waals surface area contributed by atoms with Gasteiger partial charge < -0.3 is 19.5 Å². The quantitative estimate of drug-likeness (QED) is 0.634. The molecule has 0 atom stereocenters. The number of hydrogen-bond donors (Lipinski definition) is 1. The van der Waals surface area contributed by atoms with E-state index in [0.717, 1.165) is 35.6 Å². The molecule has 158 valence electrons. The van der Waals surface area contributed by atoms with Gasteiger partial charge in [-0.15, -0.1) is 0 Å². The highest BCUT2D eigenvalue weighted by Gasteiger charge is 2.22. The Labute approximate surface area is 174 Å². The molecule has 0 radical (unpaired) electrons. The molecule has 0 spiro atoms. The molecule has 0 saturated carbocycles. The minimum atomic E-state index is -0.841. The summed E-state index contributed by atoms with van der Waals surface area (Å²) in [6.07, 6.45) is 3.06. The average molecular weight is 414 g/mol. The molecule has 4 rings (SSSR count). The first-order valence-corrected chi connectivity index (χ1v) is 9.94. The van der Waals surface area contributed by atoms with Crippen LogP contribution in [0.1, 0.15) is 17.5 Å². The van der Waals surface area contributed by atoms with Gasteiger partial charge in [0.1, 0.15) is 5.75 Å². The molecule has 2 aromatic carbocycles. The number of nitrogens with one attached hydrogen (secondary N) is 1. The summed E-state index contributed by atoms with van der Waals surface area (Å²) in [6.45, 7) is 1.42. The van der Waals surface area contributed by atoms with E-state index in [0.29, 0.717) is 25.3 Å². The number of aromatic nitrogens is 1. The second-order valence-corrected chi connectivity index (χ2v) is 7.31. The van der Waals surface area contributed by atoms with Crippen molar-refractivity contribution < 1.29 is 23.0 Å². The third kappa shape index (κ3) is 4.92. The van der Waals surface area contributed by atoms with Gasteiger partial charge in [-0.1, -0.05) is 6.07 Å². The Balaban J connectivity index is 1.27. The molecular formula is C23H24F2N2O3. The standard InChI is InChI=1S/C23H24F2N2O3/c1-28-18-4-6-22-19(11-18)16(8-9-26-22)3-7-23-29-13-17(14-30-23)27-12-15-2-5-20(24)21(25)10-15/h2,4-6,8-11,17,23,27H,3,7,12-14H2,1H3/t17-,23-. The van der Waals surface area contributed by atoms with Gasteiger partial charge in [0, 0.05) is 24.5 Å². The Kier molecular flexibility index (Phi) is 6.52. The molecule has 0 unspecified atom stereocenters. The molecule has 0 aliphatic carbocycles. The number of halogens is 2. The fourth-order valence-electron chi connectivity index (χ4n) is 3.54. The minimum absolute atomic E-state index is 0.000353. The van der Waals surface area contributed by atoms with Gasteiger partial charge in [0.25, 0.3) is 0 Å². The summed E-state index contributed by atoms with van der Waals surface area (Å²) in [7, 11) is 1.65. The van der Waals surface area contributed by atoms with Crippen LogP contribution in [-0.2, 0) is 22.4 Å². The van der Waals surface area contributed by atoms with Gasteiger partial charge in [0.05, 0.1) is 31.9 Å². The number of fused-ring (bicyclic) bond motifs is 1. The Bertz CT molecular complexity index is 1010. The molecule has 1 aliphatic rings. The third-order valence-corrected chi connectivity index (χ3v) is 5.23. The Morgan fingerprint density at radius 2 is 1.90 bits per heavy atom. The van der Waals surface area contributed by atoms with E-state index in [-0.39, 0.29) is 12.3 Å². The molecule has 1 aromatic heterocycles. The van der Waals surface area contributed by atoms with E-state index in [9.17, 15) is 8.78 Å². The maximum absolute atomic E-state index is 13.3. The lowest BCUT2D eigenvalue weighted by atomic mass is 10.0. The summed E-state index contributed by atoms with van der Waals surface area (Å²) in [5.74, 6) is -0.880. The van der Waals surface area contributed by atoms with Crippen LogP contribution in [0, 0.1) is 11.6 Å². The van der Waals surface area contributed by atoms with Crippen LogP contribution in [-0.4, -0.2) is 37.6 Å². The van der Waals surface area contributed by atoms with Gasteiger partial charge in [-0.3, -0.25) is 4.98 Å². The lowest BCUT2D eigenvalue weighted by molar-refractivity contribution is -0.192. The minimum Gasteiger partial charge on any atom is -0.497 e. The fraction of sp³-hybridized carbons (Fsp3) is 0.348. The van der Waals surface area contributed by atoms with Crippen molar-refractivity contribution in [3.05, 3.63) is 71.4 Å². The third-order valence-electron chi connectivity index (χ3n) is 5.23. The summed E-state index contributed by atoms with van der Waals surface area (Å²) in [5.41, 5.74) is 2.78. The molecule has 5 nitrogen and oxygen atoms in total. The van der Waals surface area contributed by atoms with E-state index >= 15 is 0 Å². The van der Waals surface area contributed by atoms with Gasteiger partial charge in [-0.2, -0.15) is 0 Å². The lowest BCUT2D eigenvalue weighted by Crippen LogP contribution is -2.44. The summed E-state index contributed by atoms with van der Waals surface area (Å²) in [5, 5.41) is 4.32. The topological polar surface area (TPSA) is 52.6 Å². The van der Waals surface area contributed by atoms with Crippen molar-refractivity contribution in [3.63, 3.8) is 0 Å². The number of ether oxygens (including phenoxy) is 3. The van der Waals surface area contributed by atoms with Crippen LogP contribution >= 0.6 is 0 Å². The zero-order valence-electron chi connectivity index (χ0n) is 16.7. The maximum Gasteiger partial charge on any atom is 0.159 e. The highest BCUT2D eigenvalue weighted by Crippen LogP contribution is 2.24. The molecule has 3 aromatic rings. The molecule has 1 N–H and O–H groups in total. The number of methoxy groups -OCH3 is 1. The van der Waals surface area contributed by atoms with Crippen LogP contribution in [0.25, 0.3) is 10.9 Å². The van der Waals surface area contributed by atoms with E-state index in [4.69, 9.17) is 14.2 Å². The maximum atomic E-state index is 13.3. The smallest absolute Gasteiger partial charge is 0.159 e. The van der Waals surface area contributed by atoms with Gasteiger partial charge >= 0.3 is 0 Å². The average Bonchev–Trinajstić information content (AvgIpc) is 2.78. The molecule has 7 heteroatoms. The molecule has 2 heterocycles. The lowest BCUT2D eigenvalue weighted by Gasteiger charge is -2.30. The van der Waals surface area contributed by atoms with Crippen molar-refractivity contribution in [3.8, 4) is 5.75 Å². The number of hydrogen-bond acceptors (Lipinski definition) is 5. The number of pyridine rings is 1. The summed E-state index contributed by atoms with van der Waals surface area (Å²) in [4.78, 5) is 4.41. The monoisotopic (exact) mass is 414 g/mol. The van der Waals surface area contributed by atoms with Crippen molar-refractivity contribution in [2.45, 2.75) is 31.7 Å². The highest BCUT2D eigenvalue weighted by molar-refractivity contribution is 5.83. The number of benzene rings is 2. The second-order valence-electron chi connectivity index (χ2n) is 7.31. The van der Waals surface area contributed by atoms with Crippen molar-refractivity contribution in [1.82, 2.24) is 10.3 Å². The molecular weight excluding hydrogens is 390 g/mol. The van der Waals surface area contributed by atoms with E-state index in [1.54, 1.807) is 13.2 Å². The Morgan fingerprint density at radius 1 is 1.07 bits per heavy atom. The van der Waals surface area contributed by atoms with Gasteiger partial charge in [-0.25, -0.2) is 8.78 Å². The molecule has 1 saturated heterocycles. The SMILES string of the molecule is COc1ccc2nccc(CC[C@H]3OC[C@H](NCc4ccc(F)c(F)c4)CO3)c2c1. The zero-order valence-corrected chi connectivity index (χ0v) is 16.7. The first kappa shape index (κ1) is 20.7. The Hall–Kier alpha value is -2.61. The summed E-state index contributed by atoms with van der Waals surface area (Å²) >= 11 is 0. The number of rotatable bonds is 7. The van der Waals surface area contributed by atoms with E-state index < -0.39 is 11.6 Å². The Morgan fingerprint density at radius 3 is 2.67 bits per heavy atom. The van der Waals surface area contributed by atoms with Crippen LogP contribution < -0.4 is 10.1 Å². The zero-order chi connectivity index (χ0) is 20.9. The molecule has 1 fully saturated rings. The first-order chi connectivity index (χ1) is 14.6. The van der Waals surface area contributed by atoms with Crippen molar-refractivity contribution in [2.24, 2.45) is 0 Å². The normalized spacial score (nSPS) is 19.2. The summed E-state index contributed by atoms with van der Waals surface area (Å²) < 4.78 is 43.3. The van der Waals surface area contributed by atoms with Crippen LogP contribution in [0.4, 0.5) is 8.78 Å². The van der Waals surface area contributed by atoms with Crippen molar-refractivity contribution in [1.29, 1.82) is 0 Å². The number of nitrogens with zero attached hydrogens (tertiary/aromatic N) is 1. The van der Waals surface area contributed by atoms with Gasteiger partial charge in [-0.05, 0) is 53.9 Å². The van der Waals surface area contributed by atoms with Gasteiger partial charge in [0.2, 0.25) is 0 Å². The van der Waals surface area contributed by atoms with Crippen molar-refractivity contribution in [2.75, 3.05) is 20.3 Å². The van der Waals surface area contributed by atoms with Gasteiger partial charge in [0.15, 0.2) is 17.9 Å². The molecule has 30 heavy (non-hydrogen) atoms. The second kappa shape index (κ2) is 9.47. The predicted molar refractivity (Wildman–Crippen MR) is 109 cm³/mol. The largest absolute Gasteiger partial charge is 0.497 e. The van der Waals surface area contributed by atoms with E-state index in [2.05, 4.69) is 10.3 Å². The first-order valence-electron chi connectivity index (χ1n) is 9.94.